The third-order valence-corrected chi connectivity index (χ3v) is 4.57. The van der Waals surface area contributed by atoms with E-state index in [1.807, 2.05) is 24.3 Å². The van der Waals surface area contributed by atoms with Gasteiger partial charge in [0.25, 0.3) is 0 Å². The van der Waals surface area contributed by atoms with Crippen LogP contribution in [0.5, 0.6) is 0 Å². The molecular weight excluding hydrogens is 328 g/mol. The molecule has 0 saturated carbocycles. The molecule has 2 N–H and O–H groups in total. The van der Waals surface area contributed by atoms with Crippen molar-refractivity contribution in [3.05, 3.63) is 35.7 Å². The van der Waals surface area contributed by atoms with Gasteiger partial charge in [-0.1, -0.05) is 0 Å². The lowest BCUT2D eigenvalue weighted by atomic mass is 10.1. The van der Waals surface area contributed by atoms with E-state index in [0.29, 0.717) is 22.8 Å². The van der Waals surface area contributed by atoms with Crippen LogP contribution in [0.3, 0.4) is 0 Å². The summed E-state index contributed by atoms with van der Waals surface area (Å²) in [5.41, 5.74) is 4.69. The van der Waals surface area contributed by atoms with Crippen LogP contribution >= 0.6 is 0 Å². The van der Waals surface area contributed by atoms with Gasteiger partial charge in [-0.2, -0.15) is 0 Å². The predicted octanol–water partition coefficient (Wildman–Crippen LogP) is 2.82. The van der Waals surface area contributed by atoms with E-state index in [1.165, 1.54) is 0 Å². The van der Waals surface area contributed by atoms with Gasteiger partial charge in [-0.15, -0.1) is 0 Å². The number of aromatic nitrogens is 2. The Kier molecular flexibility index (Phi) is 7.36. The Morgan fingerprint density at radius 1 is 0.654 bits per heavy atom. The van der Waals surface area contributed by atoms with Gasteiger partial charge in [0.15, 0.2) is 0 Å². The maximum Gasteiger partial charge on any atom is 0.0912 e. The first-order valence-electron chi connectivity index (χ1n) is 9.33. The van der Waals surface area contributed by atoms with Crippen LogP contribution in [0, 0.1) is 0 Å². The molecule has 0 aromatic carbocycles. The van der Waals surface area contributed by atoms with Gasteiger partial charge in [0.05, 0.1) is 36.0 Å². The molecule has 0 aliphatic carbocycles. The van der Waals surface area contributed by atoms with Crippen molar-refractivity contribution in [3.8, 4) is 11.4 Å². The van der Waals surface area contributed by atoms with E-state index in [-0.39, 0.29) is 13.2 Å². The molecule has 2 rings (SSSR count). The maximum atomic E-state index is 9.63. The van der Waals surface area contributed by atoms with Crippen molar-refractivity contribution < 1.29 is 10.2 Å². The number of aliphatic hydroxyl groups excluding tert-OH is 2. The first-order valence-corrected chi connectivity index (χ1v) is 9.33. The number of hydrogen-bond acceptors (Lipinski definition) is 6. The quantitative estimate of drug-likeness (QED) is 0.718. The molecule has 0 amide bonds. The van der Waals surface area contributed by atoms with Crippen molar-refractivity contribution in [2.45, 2.75) is 40.9 Å². The van der Waals surface area contributed by atoms with Gasteiger partial charge in [-0.25, -0.2) is 9.97 Å². The molecule has 6 heteroatoms. The minimum Gasteiger partial charge on any atom is -0.390 e. The first kappa shape index (κ1) is 20.1. The highest BCUT2D eigenvalue weighted by atomic mass is 16.3. The van der Waals surface area contributed by atoms with Gasteiger partial charge in [-0.05, 0) is 52.0 Å². The van der Waals surface area contributed by atoms with Crippen LogP contribution in [0.15, 0.2) is 24.3 Å². The van der Waals surface area contributed by atoms with E-state index in [1.54, 1.807) is 0 Å². The van der Waals surface area contributed by atoms with Crippen LogP contribution in [0.2, 0.25) is 0 Å². The van der Waals surface area contributed by atoms with E-state index in [0.717, 1.165) is 37.6 Å². The third-order valence-electron chi connectivity index (χ3n) is 4.57. The van der Waals surface area contributed by atoms with Gasteiger partial charge in [0.2, 0.25) is 0 Å². The molecule has 0 aliphatic rings. The van der Waals surface area contributed by atoms with Crippen LogP contribution in [0.25, 0.3) is 11.4 Å². The molecule has 0 radical (unpaired) electrons. The van der Waals surface area contributed by atoms with Crippen molar-refractivity contribution in [2.24, 2.45) is 0 Å². The zero-order chi connectivity index (χ0) is 19.1. The number of anilines is 2. The summed E-state index contributed by atoms with van der Waals surface area (Å²) in [7, 11) is 0. The smallest absolute Gasteiger partial charge is 0.0912 e. The minimum absolute atomic E-state index is 0.120. The summed E-state index contributed by atoms with van der Waals surface area (Å²) in [5, 5.41) is 19.3. The number of nitrogens with zero attached hydrogens (tertiary/aromatic N) is 4. The van der Waals surface area contributed by atoms with Crippen molar-refractivity contribution in [3.63, 3.8) is 0 Å². The predicted molar refractivity (Wildman–Crippen MR) is 106 cm³/mol. The summed E-state index contributed by atoms with van der Waals surface area (Å²) in [4.78, 5) is 13.6. The fraction of sp³-hybridized carbons (Fsp3) is 0.500. The lowest BCUT2D eigenvalue weighted by molar-refractivity contribution is 0.276. The molecule has 142 valence electrons. The zero-order valence-electron chi connectivity index (χ0n) is 16.2. The standard InChI is InChI=1S/C20H30N4O2/c1-5-23(6-2)17-9-15(13-25)21-19(11-17)20-12-18(24(7-3)8-4)10-16(14-26)22-20/h9-12,25-26H,5-8,13-14H2,1-4H3. The van der Waals surface area contributed by atoms with E-state index in [2.05, 4.69) is 47.5 Å². The van der Waals surface area contributed by atoms with Crippen molar-refractivity contribution in [1.82, 2.24) is 9.97 Å². The van der Waals surface area contributed by atoms with Gasteiger partial charge < -0.3 is 20.0 Å². The van der Waals surface area contributed by atoms with E-state index in [9.17, 15) is 10.2 Å². The fourth-order valence-electron chi connectivity index (χ4n) is 3.11. The molecule has 2 heterocycles. The van der Waals surface area contributed by atoms with Crippen molar-refractivity contribution in [2.75, 3.05) is 36.0 Å². The fourth-order valence-corrected chi connectivity index (χ4v) is 3.11. The number of pyridine rings is 2. The Labute approximate surface area is 156 Å². The molecule has 0 atom stereocenters. The van der Waals surface area contributed by atoms with Gasteiger partial charge >= 0.3 is 0 Å². The average molecular weight is 358 g/mol. The molecule has 0 bridgehead atoms. The maximum absolute atomic E-state index is 9.63. The van der Waals surface area contributed by atoms with Gasteiger partial charge in [0, 0.05) is 37.6 Å². The Bertz CT molecular complexity index is 651. The van der Waals surface area contributed by atoms with Crippen molar-refractivity contribution >= 4 is 11.4 Å². The SMILES string of the molecule is CCN(CC)c1cc(CO)nc(-c2cc(N(CC)CC)cc(CO)n2)c1. The second kappa shape index (κ2) is 9.50. The second-order valence-corrected chi connectivity index (χ2v) is 6.06. The minimum atomic E-state index is -0.120. The van der Waals surface area contributed by atoms with E-state index in [4.69, 9.17) is 0 Å². The molecule has 26 heavy (non-hydrogen) atoms. The highest BCUT2D eigenvalue weighted by molar-refractivity contribution is 5.67. The highest BCUT2D eigenvalue weighted by Gasteiger charge is 2.13. The summed E-state index contributed by atoms with van der Waals surface area (Å²) < 4.78 is 0. The Balaban J connectivity index is 2.58. The summed E-state index contributed by atoms with van der Waals surface area (Å²) in [6.45, 7) is 11.7. The largest absolute Gasteiger partial charge is 0.390 e. The molecule has 0 spiro atoms. The molecular formula is C20H30N4O2. The molecule has 0 saturated heterocycles. The van der Waals surface area contributed by atoms with Crippen LogP contribution in [-0.4, -0.2) is 46.4 Å². The van der Waals surface area contributed by atoms with Crippen LogP contribution in [0.1, 0.15) is 39.1 Å². The highest BCUT2D eigenvalue weighted by Crippen LogP contribution is 2.27. The zero-order valence-corrected chi connectivity index (χ0v) is 16.2. The molecule has 0 aliphatic heterocycles. The monoisotopic (exact) mass is 358 g/mol. The average Bonchev–Trinajstić information content (AvgIpc) is 2.69. The van der Waals surface area contributed by atoms with Crippen LogP contribution in [0.4, 0.5) is 11.4 Å². The Morgan fingerprint density at radius 3 is 1.27 bits per heavy atom. The topological polar surface area (TPSA) is 72.7 Å². The molecule has 0 fully saturated rings. The lowest BCUT2D eigenvalue weighted by Gasteiger charge is -2.23. The Morgan fingerprint density at radius 2 is 1.00 bits per heavy atom. The lowest BCUT2D eigenvalue weighted by Crippen LogP contribution is -2.23. The molecule has 0 unspecified atom stereocenters. The normalized spacial score (nSPS) is 10.8. The summed E-state index contributed by atoms with van der Waals surface area (Å²) >= 11 is 0. The number of hydrogen-bond donors (Lipinski definition) is 2. The summed E-state index contributed by atoms with van der Waals surface area (Å²) in [6, 6.07) is 7.83. The molecule has 2 aromatic heterocycles. The first-order chi connectivity index (χ1) is 12.6. The molecule has 6 nitrogen and oxygen atoms in total. The number of aliphatic hydroxyl groups is 2. The van der Waals surface area contributed by atoms with Gasteiger partial charge in [0.1, 0.15) is 0 Å². The van der Waals surface area contributed by atoms with E-state index >= 15 is 0 Å². The summed E-state index contributed by atoms with van der Waals surface area (Å²) in [6.07, 6.45) is 0. The molecule has 2 aromatic rings. The van der Waals surface area contributed by atoms with Crippen molar-refractivity contribution in [1.29, 1.82) is 0 Å². The van der Waals surface area contributed by atoms with Gasteiger partial charge in [-0.3, -0.25) is 0 Å². The van der Waals surface area contributed by atoms with Crippen LogP contribution < -0.4 is 9.80 Å². The number of rotatable bonds is 9. The Hall–Kier alpha value is -2.18. The van der Waals surface area contributed by atoms with E-state index < -0.39 is 0 Å². The summed E-state index contributed by atoms with van der Waals surface area (Å²) in [5.74, 6) is 0. The third kappa shape index (κ3) is 4.51. The van der Waals surface area contributed by atoms with Crippen LogP contribution in [-0.2, 0) is 13.2 Å². The second-order valence-electron chi connectivity index (χ2n) is 6.06.